The molecule has 4 nitrogen and oxygen atoms in total. The number of hydrogen-bond donors (Lipinski definition) is 1. The van der Waals surface area contributed by atoms with Gasteiger partial charge in [0.05, 0.1) is 5.69 Å². The summed E-state index contributed by atoms with van der Waals surface area (Å²) in [7, 11) is 0. The molecule has 1 atom stereocenters. The highest BCUT2D eigenvalue weighted by atomic mass is 15.1. The molecule has 0 aromatic carbocycles. The van der Waals surface area contributed by atoms with Crippen molar-refractivity contribution in [3.63, 3.8) is 0 Å². The minimum atomic E-state index is 0.641. The molecule has 0 amide bonds. The first-order valence-electron chi connectivity index (χ1n) is 7.09. The average Bonchev–Trinajstić information content (AvgIpc) is 2.64. The third-order valence-electron chi connectivity index (χ3n) is 3.58. The summed E-state index contributed by atoms with van der Waals surface area (Å²) in [5.41, 5.74) is 1.08. The molecule has 2 rings (SSSR count). The summed E-state index contributed by atoms with van der Waals surface area (Å²) >= 11 is 0. The van der Waals surface area contributed by atoms with Crippen LogP contribution >= 0.6 is 0 Å². The number of rotatable bonds is 5. The zero-order valence-corrected chi connectivity index (χ0v) is 11.3. The fourth-order valence-corrected chi connectivity index (χ4v) is 2.57. The molecule has 0 bridgehead atoms. The molecular formula is C14H24N4. The van der Waals surface area contributed by atoms with Crippen LogP contribution in [0.3, 0.4) is 0 Å². The molecular weight excluding hydrogens is 224 g/mol. The van der Waals surface area contributed by atoms with Crippen molar-refractivity contribution in [1.29, 1.82) is 0 Å². The van der Waals surface area contributed by atoms with E-state index in [1.165, 1.54) is 45.3 Å². The summed E-state index contributed by atoms with van der Waals surface area (Å²) in [6, 6.07) is 2.62. The highest BCUT2D eigenvalue weighted by molar-refractivity contribution is 4.97. The fraction of sp³-hybridized carbons (Fsp3) is 0.714. The van der Waals surface area contributed by atoms with Crippen LogP contribution in [0.25, 0.3) is 0 Å². The van der Waals surface area contributed by atoms with E-state index in [1.807, 2.05) is 6.07 Å². The summed E-state index contributed by atoms with van der Waals surface area (Å²) < 4.78 is 0. The second kappa shape index (κ2) is 7.44. The van der Waals surface area contributed by atoms with Crippen LogP contribution in [-0.2, 0) is 6.54 Å². The van der Waals surface area contributed by atoms with E-state index in [2.05, 4.69) is 27.1 Å². The van der Waals surface area contributed by atoms with Crippen LogP contribution in [0.4, 0.5) is 0 Å². The number of nitrogens with one attached hydrogen (secondary N) is 1. The van der Waals surface area contributed by atoms with E-state index in [0.717, 1.165) is 12.2 Å². The lowest BCUT2D eigenvalue weighted by Crippen LogP contribution is -2.31. The third-order valence-corrected chi connectivity index (χ3v) is 3.58. The highest BCUT2D eigenvalue weighted by Crippen LogP contribution is 2.11. The fourth-order valence-electron chi connectivity index (χ4n) is 2.57. The Bertz CT molecular complexity index is 328. The van der Waals surface area contributed by atoms with Crippen molar-refractivity contribution in [1.82, 2.24) is 20.2 Å². The summed E-state index contributed by atoms with van der Waals surface area (Å²) in [5.74, 6) is 0. The molecule has 1 fully saturated rings. The Morgan fingerprint density at radius 1 is 1.39 bits per heavy atom. The second-order valence-electron chi connectivity index (χ2n) is 5.05. The van der Waals surface area contributed by atoms with Gasteiger partial charge >= 0.3 is 0 Å². The first kappa shape index (κ1) is 13.4. The Balaban J connectivity index is 1.73. The Morgan fingerprint density at radius 3 is 3.11 bits per heavy atom. The van der Waals surface area contributed by atoms with Crippen LogP contribution < -0.4 is 5.32 Å². The van der Waals surface area contributed by atoms with Gasteiger partial charge in [-0.3, -0.25) is 0 Å². The van der Waals surface area contributed by atoms with E-state index in [9.17, 15) is 0 Å². The van der Waals surface area contributed by atoms with Crippen molar-refractivity contribution in [2.24, 2.45) is 0 Å². The molecule has 0 radical (unpaired) electrons. The van der Waals surface area contributed by atoms with Gasteiger partial charge in [0.2, 0.25) is 0 Å². The minimum absolute atomic E-state index is 0.641. The van der Waals surface area contributed by atoms with E-state index in [-0.39, 0.29) is 0 Å². The first-order chi connectivity index (χ1) is 8.88. The lowest BCUT2D eigenvalue weighted by Gasteiger charge is -2.19. The molecule has 1 aliphatic heterocycles. The summed E-state index contributed by atoms with van der Waals surface area (Å²) in [6.45, 7) is 6.87. The van der Waals surface area contributed by atoms with Gasteiger partial charge in [0.1, 0.15) is 6.33 Å². The summed E-state index contributed by atoms with van der Waals surface area (Å²) in [6.07, 6.45) is 8.53. The topological polar surface area (TPSA) is 41.0 Å². The van der Waals surface area contributed by atoms with Crippen LogP contribution in [0.15, 0.2) is 18.6 Å². The van der Waals surface area contributed by atoms with E-state index < -0.39 is 0 Å². The lowest BCUT2D eigenvalue weighted by atomic mass is 10.1. The predicted octanol–water partition coefficient (Wildman–Crippen LogP) is 1.83. The third kappa shape index (κ3) is 4.35. The number of nitrogens with zero attached hydrogens (tertiary/aromatic N) is 3. The van der Waals surface area contributed by atoms with Gasteiger partial charge in [-0.2, -0.15) is 0 Å². The normalized spacial score (nSPS) is 21.7. The van der Waals surface area contributed by atoms with E-state index >= 15 is 0 Å². The molecule has 1 unspecified atom stereocenters. The standard InChI is InChI=1S/C14H24N4/c1-2-8-18-9-3-4-13(6-10-18)16-11-14-5-7-15-12-17-14/h5,7,12-13,16H,2-4,6,8-11H2,1H3. The number of likely N-dealkylation sites (tertiary alicyclic amines) is 1. The van der Waals surface area contributed by atoms with Crippen molar-refractivity contribution in [3.8, 4) is 0 Å². The maximum absolute atomic E-state index is 4.25. The van der Waals surface area contributed by atoms with Gasteiger partial charge < -0.3 is 10.2 Å². The molecule has 100 valence electrons. The Morgan fingerprint density at radius 2 is 2.33 bits per heavy atom. The van der Waals surface area contributed by atoms with Crippen molar-refractivity contribution in [3.05, 3.63) is 24.3 Å². The van der Waals surface area contributed by atoms with Gasteiger partial charge in [0, 0.05) is 18.8 Å². The Labute approximate surface area is 110 Å². The maximum atomic E-state index is 4.25. The lowest BCUT2D eigenvalue weighted by molar-refractivity contribution is 0.282. The molecule has 18 heavy (non-hydrogen) atoms. The van der Waals surface area contributed by atoms with Gasteiger partial charge in [-0.15, -0.1) is 0 Å². The van der Waals surface area contributed by atoms with Crippen molar-refractivity contribution in [2.75, 3.05) is 19.6 Å². The quantitative estimate of drug-likeness (QED) is 0.863. The van der Waals surface area contributed by atoms with Crippen LogP contribution in [0.5, 0.6) is 0 Å². The average molecular weight is 248 g/mol. The van der Waals surface area contributed by atoms with Gasteiger partial charge in [0.15, 0.2) is 0 Å². The van der Waals surface area contributed by atoms with Crippen molar-refractivity contribution >= 4 is 0 Å². The molecule has 0 aliphatic carbocycles. The molecule has 1 aromatic rings. The van der Waals surface area contributed by atoms with E-state index in [0.29, 0.717) is 6.04 Å². The summed E-state index contributed by atoms with van der Waals surface area (Å²) in [5, 5.41) is 3.62. The van der Waals surface area contributed by atoms with Crippen LogP contribution in [-0.4, -0.2) is 40.5 Å². The molecule has 0 saturated carbocycles. The largest absolute Gasteiger partial charge is 0.308 e. The molecule has 2 heterocycles. The number of hydrogen-bond acceptors (Lipinski definition) is 4. The first-order valence-corrected chi connectivity index (χ1v) is 7.09. The minimum Gasteiger partial charge on any atom is -0.308 e. The smallest absolute Gasteiger partial charge is 0.115 e. The second-order valence-corrected chi connectivity index (χ2v) is 5.05. The SMILES string of the molecule is CCCN1CCCC(NCc2ccncn2)CC1. The van der Waals surface area contributed by atoms with Crippen molar-refractivity contribution in [2.45, 2.75) is 45.2 Å². The predicted molar refractivity (Wildman–Crippen MR) is 73.2 cm³/mol. The molecule has 0 spiro atoms. The zero-order chi connectivity index (χ0) is 12.6. The number of aromatic nitrogens is 2. The van der Waals surface area contributed by atoms with Crippen LogP contribution in [0, 0.1) is 0 Å². The van der Waals surface area contributed by atoms with E-state index in [1.54, 1.807) is 12.5 Å². The molecule has 1 aromatic heterocycles. The molecule has 1 aliphatic rings. The van der Waals surface area contributed by atoms with Gasteiger partial charge in [0.25, 0.3) is 0 Å². The van der Waals surface area contributed by atoms with Gasteiger partial charge in [-0.05, 0) is 51.4 Å². The Kier molecular flexibility index (Phi) is 5.55. The Hall–Kier alpha value is -1.00. The van der Waals surface area contributed by atoms with Crippen molar-refractivity contribution < 1.29 is 0 Å². The van der Waals surface area contributed by atoms with Gasteiger partial charge in [-0.25, -0.2) is 9.97 Å². The zero-order valence-electron chi connectivity index (χ0n) is 11.3. The maximum Gasteiger partial charge on any atom is 0.115 e. The molecule has 1 saturated heterocycles. The monoisotopic (exact) mass is 248 g/mol. The molecule has 1 N–H and O–H groups in total. The summed E-state index contributed by atoms with van der Waals surface area (Å²) in [4.78, 5) is 10.8. The van der Waals surface area contributed by atoms with E-state index in [4.69, 9.17) is 0 Å². The highest BCUT2D eigenvalue weighted by Gasteiger charge is 2.15. The van der Waals surface area contributed by atoms with Crippen LogP contribution in [0.2, 0.25) is 0 Å². The molecule has 4 heteroatoms. The van der Waals surface area contributed by atoms with Crippen LogP contribution in [0.1, 0.15) is 38.3 Å². The van der Waals surface area contributed by atoms with Gasteiger partial charge in [-0.1, -0.05) is 6.92 Å².